The van der Waals surface area contributed by atoms with Crippen molar-refractivity contribution in [1.82, 2.24) is 14.5 Å². The third-order valence-corrected chi connectivity index (χ3v) is 6.48. The number of hydrogen-bond donors (Lipinski definition) is 1. The average Bonchev–Trinajstić information content (AvgIpc) is 3.67. The smallest absolute Gasteiger partial charge is 0.246 e. The zero-order valence-electron chi connectivity index (χ0n) is 22.8. The number of nitrogens with zero attached hydrogens (tertiary/aromatic N) is 3. The first-order valence-corrected chi connectivity index (χ1v) is 13.0. The van der Waals surface area contributed by atoms with Gasteiger partial charge in [0.1, 0.15) is 12.3 Å². The molecule has 208 valence electrons. The summed E-state index contributed by atoms with van der Waals surface area (Å²) in [5.41, 5.74) is 3.13. The van der Waals surface area contributed by atoms with E-state index in [1.165, 1.54) is 4.90 Å². The summed E-state index contributed by atoms with van der Waals surface area (Å²) in [6.45, 7) is -0.0305. The molecule has 0 fully saturated rings. The molecule has 2 aromatic heterocycles. The molecule has 0 radical (unpaired) electrons. The normalized spacial score (nSPS) is 10.7. The maximum Gasteiger partial charge on any atom is 0.246 e. The summed E-state index contributed by atoms with van der Waals surface area (Å²) < 4.78 is 18.1. The van der Waals surface area contributed by atoms with Gasteiger partial charge >= 0.3 is 0 Å². The lowest BCUT2D eigenvalue weighted by atomic mass is 10.1. The number of nitrogens with one attached hydrogen (secondary N) is 1. The van der Waals surface area contributed by atoms with E-state index in [1.807, 2.05) is 72.9 Å². The first kappa shape index (κ1) is 27.3. The van der Waals surface area contributed by atoms with Gasteiger partial charge in [-0.25, -0.2) is 4.98 Å². The van der Waals surface area contributed by atoms with Crippen LogP contribution in [0.4, 0.5) is 5.95 Å². The Kier molecular flexibility index (Phi) is 8.44. The lowest BCUT2D eigenvalue weighted by Crippen LogP contribution is -2.38. The summed E-state index contributed by atoms with van der Waals surface area (Å²) in [6.07, 6.45) is 3.54. The predicted molar refractivity (Wildman–Crippen MR) is 155 cm³/mol. The second-order valence-electron chi connectivity index (χ2n) is 9.26. The van der Waals surface area contributed by atoms with Crippen LogP contribution >= 0.6 is 0 Å². The Morgan fingerprint density at radius 2 is 1.63 bits per heavy atom. The molecule has 0 aliphatic rings. The van der Waals surface area contributed by atoms with Crippen LogP contribution in [0.1, 0.15) is 11.3 Å². The number of imidazole rings is 1. The van der Waals surface area contributed by atoms with Crippen molar-refractivity contribution in [3.05, 3.63) is 115 Å². The van der Waals surface area contributed by atoms with Gasteiger partial charge in [-0.15, -0.1) is 0 Å². The Labute approximate surface area is 238 Å². The predicted octanol–water partition coefficient (Wildman–Crippen LogP) is 5.36. The average molecular weight is 551 g/mol. The quantitative estimate of drug-likeness (QED) is 0.238. The lowest BCUT2D eigenvalue weighted by molar-refractivity contribution is -0.135. The number of rotatable bonds is 11. The van der Waals surface area contributed by atoms with E-state index in [9.17, 15) is 9.59 Å². The topological polar surface area (TPSA) is 98.8 Å². The van der Waals surface area contributed by atoms with Gasteiger partial charge in [-0.2, -0.15) is 0 Å². The summed E-state index contributed by atoms with van der Waals surface area (Å²) in [6, 6.07) is 28.0. The fraction of sp³-hybridized carbons (Fsp3) is 0.156. The molecule has 5 aromatic rings. The maximum absolute atomic E-state index is 13.4. The van der Waals surface area contributed by atoms with Gasteiger partial charge in [-0.05, 0) is 29.8 Å². The van der Waals surface area contributed by atoms with E-state index in [0.717, 1.165) is 11.1 Å². The van der Waals surface area contributed by atoms with Crippen LogP contribution in [0.2, 0.25) is 0 Å². The van der Waals surface area contributed by atoms with Crippen LogP contribution in [0.25, 0.3) is 16.9 Å². The number of amides is 2. The molecule has 2 heterocycles. The van der Waals surface area contributed by atoms with Gasteiger partial charge in [0.25, 0.3) is 0 Å². The van der Waals surface area contributed by atoms with Gasteiger partial charge in [0.15, 0.2) is 11.5 Å². The van der Waals surface area contributed by atoms with Crippen molar-refractivity contribution < 1.29 is 23.5 Å². The largest absolute Gasteiger partial charge is 0.493 e. The molecule has 0 saturated carbocycles. The van der Waals surface area contributed by atoms with Crippen LogP contribution in [0.15, 0.2) is 108 Å². The summed E-state index contributed by atoms with van der Waals surface area (Å²) >= 11 is 0. The Morgan fingerprint density at radius 3 is 2.32 bits per heavy atom. The summed E-state index contributed by atoms with van der Waals surface area (Å²) in [4.78, 5) is 32.9. The number of carbonyl (C=O) groups is 2. The molecule has 9 heteroatoms. The van der Waals surface area contributed by atoms with Crippen LogP contribution in [0, 0.1) is 0 Å². The minimum absolute atomic E-state index is 0.158. The fourth-order valence-corrected chi connectivity index (χ4v) is 4.43. The number of carbonyl (C=O) groups excluding carboxylic acids is 2. The molecule has 2 amide bonds. The van der Waals surface area contributed by atoms with Crippen molar-refractivity contribution in [2.75, 3.05) is 26.1 Å². The zero-order chi connectivity index (χ0) is 28.6. The van der Waals surface area contributed by atoms with Crippen molar-refractivity contribution in [3.8, 4) is 28.4 Å². The van der Waals surface area contributed by atoms with E-state index < -0.39 is 5.91 Å². The molecule has 1 N–H and O–H groups in total. The minimum Gasteiger partial charge on any atom is -0.493 e. The monoisotopic (exact) mass is 550 g/mol. The lowest BCUT2D eigenvalue weighted by Gasteiger charge is -2.21. The number of ether oxygens (including phenoxy) is 2. The van der Waals surface area contributed by atoms with Crippen LogP contribution in [-0.2, 0) is 22.6 Å². The summed E-state index contributed by atoms with van der Waals surface area (Å²) in [7, 11) is 3.13. The Bertz CT molecular complexity index is 1600. The van der Waals surface area contributed by atoms with Gasteiger partial charge in [0, 0.05) is 17.8 Å². The van der Waals surface area contributed by atoms with Gasteiger partial charge < -0.3 is 18.8 Å². The van der Waals surface area contributed by atoms with E-state index in [0.29, 0.717) is 34.6 Å². The number of aromatic nitrogens is 2. The summed E-state index contributed by atoms with van der Waals surface area (Å²) in [5.74, 6) is 1.40. The van der Waals surface area contributed by atoms with Gasteiger partial charge in [-0.1, -0.05) is 60.7 Å². The highest BCUT2D eigenvalue weighted by Gasteiger charge is 2.21. The van der Waals surface area contributed by atoms with E-state index >= 15 is 0 Å². The van der Waals surface area contributed by atoms with Gasteiger partial charge in [-0.3, -0.25) is 19.5 Å². The van der Waals surface area contributed by atoms with Crippen LogP contribution in [0.5, 0.6) is 11.5 Å². The fourth-order valence-electron chi connectivity index (χ4n) is 4.43. The highest BCUT2D eigenvalue weighted by atomic mass is 16.5. The van der Waals surface area contributed by atoms with Crippen LogP contribution in [0.3, 0.4) is 0 Å². The molecule has 0 spiro atoms. The van der Waals surface area contributed by atoms with Crippen LogP contribution < -0.4 is 14.8 Å². The second-order valence-corrected chi connectivity index (χ2v) is 9.26. The molecule has 41 heavy (non-hydrogen) atoms. The molecule has 0 aliphatic heterocycles. The van der Waals surface area contributed by atoms with E-state index in [1.54, 1.807) is 49.3 Å². The van der Waals surface area contributed by atoms with E-state index in [-0.39, 0.29) is 25.4 Å². The van der Waals surface area contributed by atoms with Crippen LogP contribution in [-0.4, -0.2) is 47.0 Å². The Morgan fingerprint density at radius 1 is 0.902 bits per heavy atom. The van der Waals surface area contributed by atoms with E-state index in [2.05, 4.69) is 5.32 Å². The Hall–Kier alpha value is -5.31. The Balaban J connectivity index is 1.43. The molecule has 0 unspecified atom stereocenters. The first-order valence-electron chi connectivity index (χ1n) is 13.0. The number of hydrogen-bond acceptors (Lipinski definition) is 6. The number of furan rings is 1. The molecule has 9 nitrogen and oxygen atoms in total. The first-order chi connectivity index (χ1) is 20.0. The molecule has 5 rings (SSSR count). The zero-order valence-corrected chi connectivity index (χ0v) is 22.8. The van der Waals surface area contributed by atoms with Gasteiger partial charge in [0.05, 0.1) is 44.8 Å². The van der Waals surface area contributed by atoms with E-state index in [4.69, 9.17) is 18.9 Å². The second kappa shape index (κ2) is 12.7. The van der Waals surface area contributed by atoms with Crippen molar-refractivity contribution in [3.63, 3.8) is 0 Å². The molecule has 0 aliphatic carbocycles. The third-order valence-electron chi connectivity index (χ3n) is 6.48. The third kappa shape index (κ3) is 6.65. The molecular formula is C32H30N4O5. The SMILES string of the molecule is COc1ccc(-n2cc(-c3ccccc3)nc2NC(=O)CN(Cc2ccco2)C(=O)Cc2ccccc2)cc1OC. The number of methoxy groups -OCH3 is 2. The maximum atomic E-state index is 13.4. The molecule has 0 bridgehead atoms. The molecular weight excluding hydrogens is 520 g/mol. The highest BCUT2D eigenvalue weighted by molar-refractivity contribution is 5.94. The molecule has 3 aromatic carbocycles. The van der Waals surface area contributed by atoms with Gasteiger partial charge in [0.2, 0.25) is 17.8 Å². The van der Waals surface area contributed by atoms with Crippen molar-refractivity contribution in [2.24, 2.45) is 0 Å². The minimum atomic E-state index is -0.398. The summed E-state index contributed by atoms with van der Waals surface area (Å²) in [5, 5.41) is 2.91. The number of anilines is 1. The van der Waals surface area contributed by atoms with Crippen molar-refractivity contribution in [1.29, 1.82) is 0 Å². The highest BCUT2D eigenvalue weighted by Crippen LogP contribution is 2.31. The molecule has 0 atom stereocenters. The van der Waals surface area contributed by atoms with Crippen molar-refractivity contribution >= 4 is 17.8 Å². The number of benzene rings is 3. The van der Waals surface area contributed by atoms with Crippen molar-refractivity contribution in [2.45, 2.75) is 13.0 Å². The molecule has 0 saturated heterocycles. The standard InChI is InChI=1S/C32H30N4O5/c1-39-28-16-15-25(19-29(28)40-2)36-21-27(24-12-7-4-8-13-24)33-32(36)34-30(37)22-35(20-26-14-9-17-41-26)31(38)18-23-10-5-3-6-11-23/h3-17,19,21H,18,20,22H2,1-2H3,(H,33,34,37).